The maximum atomic E-state index is 13.0. The molecule has 2 heterocycles. The van der Waals surface area contributed by atoms with Gasteiger partial charge in [-0.15, -0.1) is 0 Å². The molecule has 1 aromatic rings. The molecule has 2 amide bonds. The van der Waals surface area contributed by atoms with E-state index in [1.165, 1.54) is 11.2 Å². The predicted octanol–water partition coefficient (Wildman–Crippen LogP) is 0.839. The monoisotopic (exact) mass is 377 g/mol. The van der Waals surface area contributed by atoms with Gasteiger partial charge < -0.3 is 9.80 Å². The summed E-state index contributed by atoms with van der Waals surface area (Å²) in [6.45, 7) is 3.68. The molecule has 0 bridgehead atoms. The van der Waals surface area contributed by atoms with E-state index in [0.717, 1.165) is 24.1 Å². The molecule has 1 aliphatic carbocycles. The molecule has 2 fully saturated rings. The van der Waals surface area contributed by atoms with Gasteiger partial charge in [-0.05, 0) is 43.0 Å². The van der Waals surface area contributed by atoms with Gasteiger partial charge in [0.15, 0.2) is 0 Å². The third-order valence-electron chi connectivity index (χ3n) is 5.44. The van der Waals surface area contributed by atoms with Crippen molar-refractivity contribution in [2.45, 2.75) is 31.1 Å². The minimum absolute atomic E-state index is 0.0317. The van der Waals surface area contributed by atoms with E-state index in [-0.39, 0.29) is 22.6 Å². The molecular weight excluding hydrogens is 354 g/mol. The molecular formula is C18H23N3O4S. The molecule has 0 atom stereocenters. The van der Waals surface area contributed by atoms with Crippen LogP contribution in [0.1, 0.15) is 25.3 Å². The van der Waals surface area contributed by atoms with Gasteiger partial charge in [-0.25, -0.2) is 8.42 Å². The summed E-state index contributed by atoms with van der Waals surface area (Å²) in [6.07, 6.45) is 2.59. The van der Waals surface area contributed by atoms with Gasteiger partial charge in [0.1, 0.15) is 0 Å². The molecule has 0 unspecified atom stereocenters. The number of fused-ring (bicyclic) bond motifs is 1. The summed E-state index contributed by atoms with van der Waals surface area (Å²) in [5, 5.41) is 0. The predicted molar refractivity (Wildman–Crippen MR) is 96.2 cm³/mol. The van der Waals surface area contributed by atoms with E-state index in [2.05, 4.69) is 0 Å². The van der Waals surface area contributed by atoms with Crippen LogP contribution in [0.4, 0.5) is 5.69 Å². The summed E-state index contributed by atoms with van der Waals surface area (Å²) < 4.78 is 27.4. The maximum Gasteiger partial charge on any atom is 0.243 e. The third-order valence-corrected chi connectivity index (χ3v) is 7.34. The second-order valence-electron chi connectivity index (χ2n) is 7.21. The second-order valence-corrected chi connectivity index (χ2v) is 9.15. The number of benzene rings is 1. The third kappa shape index (κ3) is 3.01. The molecule has 140 valence electrons. The van der Waals surface area contributed by atoms with Gasteiger partial charge in [0.2, 0.25) is 21.8 Å². The number of hydrogen-bond acceptors (Lipinski definition) is 4. The highest BCUT2D eigenvalue weighted by molar-refractivity contribution is 7.89. The van der Waals surface area contributed by atoms with E-state index in [9.17, 15) is 18.0 Å². The first-order chi connectivity index (χ1) is 12.4. The molecule has 0 radical (unpaired) electrons. The number of carbonyl (C=O) groups is 2. The fraction of sp³-hybridized carbons (Fsp3) is 0.556. The lowest BCUT2D eigenvalue weighted by Crippen LogP contribution is -2.50. The van der Waals surface area contributed by atoms with Gasteiger partial charge in [0, 0.05) is 51.3 Å². The first kappa shape index (κ1) is 17.5. The first-order valence-electron chi connectivity index (χ1n) is 9.08. The molecule has 0 aromatic heterocycles. The standard InChI is InChI=1S/C18H23N3O4S/c1-13(22)21-7-6-15-12-16(4-5-17(15)21)26(24,25)20-10-8-19(9-11-20)18(23)14-2-3-14/h4-5,12,14H,2-3,6-11H2,1H3. The largest absolute Gasteiger partial charge is 0.340 e. The molecule has 3 aliphatic rings. The van der Waals surface area contributed by atoms with Crippen molar-refractivity contribution in [2.24, 2.45) is 5.92 Å². The Morgan fingerprint density at radius 2 is 1.73 bits per heavy atom. The lowest BCUT2D eigenvalue weighted by molar-refractivity contribution is -0.133. The minimum Gasteiger partial charge on any atom is -0.340 e. The molecule has 1 saturated carbocycles. The second kappa shape index (κ2) is 6.35. The molecule has 1 aromatic carbocycles. The van der Waals surface area contributed by atoms with Crippen LogP contribution >= 0.6 is 0 Å². The van der Waals surface area contributed by atoms with Crippen LogP contribution in [0.25, 0.3) is 0 Å². The number of piperazine rings is 1. The highest BCUT2D eigenvalue weighted by atomic mass is 32.2. The van der Waals surface area contributed by atoms with E-state index in [4.69, 9.17) is 0 Å². The van der Waals surface area contributed by atoms with Crippen LogP contribution in [0.5, 0.6) is 0 Å². The number of rotatable bonds is 3. The Balaban J connectivity index is 1.49. The Bertz CT molecular complexity index is 855. The van der Waals surface area contributed by atoms with E-state index in [0.29, 0.717) is 39.1 Å². The number of nitrogens with zero attached hydrogens (tertiary/aromatic N) is 3. The average molecular weight is 377 g/mol. The molecule has 0 N–H and O–H groups in total. The Morgan fingerprint density at radius 1 is 1.04 bits per heavy atom. The number of anilines is 1. The zero-order valence-corrected chi connectivity index (χ0v) is 15.7. The minimum atomic E-state index is -3.58. The Labute approximate surface area is 153 Å². The first-order valence-corrected chi connectivity index (χ1v) is 10.5. The van der Waals surface area contributed by atoms with Crippen molar-refractivity contribution in [3.63, 3.8) is 0 Å². The van der Waals surface area contributed by atoms with E-state index >= 15 is 0 Å². The highest BCUT2D eigenvalue weighted by Gasteiger charge is 2.37. The normalized spacial score (nSPS) is 21.0. The summed E-state index contributed by atoms with van der Waals surface area (Å²) in [7, 11) is -3.58. The van der Waals surface area contributed by atoms with Crippen LogP contribution in [0.3, 0.4) is 0 Å². The maximum absolute atomic E-state index is 13.0. The lowest BCUT2D eigenvalue weighted by Gasteiger charge is -2.34. The van der Waals surface area contributed by atoms with Crippen molar-refractivity contribution < 1.29 is 18.0 Å². The summed E-state index contributed by atoms with van der Waals surface area (Å²) in [4.78, 5) is 27.5. The van der Waals surface area contributed by atoms with Crippen molar-refractivity contribution in [2.75, 3.05) is 37.6 Å². The van der Waals surface area contributed by atoms with Gasteiger partial charge in [0.25, 0.3) is 0 Å². The lowest BCUT2D eigenvalue weighted by atomic mass is 10.2. The highest BCUT2D eigenvalue weighted by Crippen LogP contribution is 2.33. The molecule has 7 nitrogen and oxygen atoms in total. The topological polar surface area (TPSA) is 78.0 Å². The Morgan fingerprint density at radius 3 is 2.35 bits per heavy atom. The van der Waals surface area contributed by atoms with Gasteiger partial charge in [0.05, 0.1) is 4.90 Å². The van der Waals surface area contributed by atoms with Crippen molar-refractivity contribution in [1.29, 1.82) is 0 Å². The number of sulfonamides is 1. The fourth-order valence-corrected chi connectivity index (χ4v) is 5.23. The van der Waals surface area contributed by atoms with Crippen LogP contribution in [0.15, 0.2) is 23.1 Å². The van der Waals surface area contributed by atoms with Gasteiger partial charge in [-0.1, -0.05) is 0 Å². The Kier molecular flexibility index (Phi) is 4.27. The van der Waals surface area contributed by atoms with Crippen molar-refractivity contribution in [3.8, 4) is 0 Å². The van der Waals surface area contributed by atoms with Crippen LogP contribution in [0, 0.1) is 5.92 Å². The molecule has 2 aliphatic heterocycles. The van der Waals surface area contributed by atoms with Crippen LogP contribution in [0.2, 0.25) is 0 Å². The van der Waals surface area contributed by atoms with Crippen molar-refractivity contribution >= 4 is 27.5 Å². The summed E-state index contributed by atoms with van der Waals surface area (Å²) >= 11 is 0. The molecule has 1 saturated heterocycles. The number of amides is 2. The summed E-state index contributed by atoms with van der Waals surface area (Å²) in [5.74, 6) is 0.304. The Hall–Kier alpha value is -1.93. The molecule has 26 heavy (non-hydrogen) atoms. The summed E-state index contributed by atoms with van der Waals surface area (Å²) in [5.41, 5.74) is 1.69. The molecule has 4 rings (SSSR count). The van der Waals surface area contributed by atoms with Crippen LogP contribution in [-0.2, 0) is 26.0 Å². The zero-order chi connectivity index (χ0) is 18.5. The average Bonchev–Trinajstić information content (AvgIpc) is 3.39. The quantitative estimate of drug-likeness (QED) is 0.782. The van der Waals surface area contributed by atoms with E-state index in [1.807, 2.05) is 0 Å². The van der Waals surface area contributed by atoms with Gasteiger partial charge >= 0.3 is 0 Å². The van der Waals surface area contributed by atoms with Gasteiger partial charge in [-0.3, -0.25) is 9.59 Å². The zero-order valence-electron chi connectivity index (χ0n) is 14.8. The smallest absolute Gasteiger partial charge is 0.243 e. The SMILES string of the molecule is CC(=O)N1CCc2cc(S(=O)(=O)N3CCN(C(=O)C4CC4)CC3)ccc21. The van der Waals surface area contributed by atoms with Crippen LogP contribution in [-0.4, -0.2) is 62.2 Å². The number of hydrogen-bond donors (Lipinski definition) is 0. The van der Waals surface area contributed by atoms with E-state index < -0.39 is 10.0 Å². The summed E-state index contributed by atoms with van der Waals surface area (Å²) in [6, 6.07) is 5.00. The van der Waals surface area contributed by atoms with Crippen molar-refractivity contribution in [1.82, 2.24) is 9.21 Å². The van der Waals surface area contributed by atoms with E-state index in [1.54, 1.807) is 28.0 Å². The number of carbonyl (C=O) groups excluding carboxylic acids is 2. The molecule has 8 heteroatoms. The van der Waals surface area contributed by atoms with Crippen LogP contribution < -0.4 is 4.90 Å². The van der Waals surface area contributed by atoms with Gasteiger partial charge in [-0.2, -0.15) is 4.31 Å². The fourth-order valence-electron chi connectivity index (χ4n) is 3.75. The van der Waals surface area contributed by atoms with Crippen molar-refractivity contribution in [3.05, 3.63) is 23.8 Å². The molecule has 0 spiro atoms.